The predicted octanol–water partition coefficient (Wildman–Crippen LogP) is 0.310. The van der Waals surface area contributed by atoms with Gasteiger partial charge in [0.15, 0.2) is 5.76 Å². The zero-order valence-electron chi connectivity index (χ0n) is 4.63. The summed E-state index contributed by atoms with van der Waals surface area (Å²) in [7, 11) is 0. The highest BCUT2D eigenvalue weighted by Gasteiger charge is 1.85. The van der Waals surface area contributed by atoms with E-state index in [-0.39, 0.29) is 12.2 Å². The minimum absolute atomic E-state index is 0.0486. The van der Waals surface area contributed by atoms with Crippen LogP contribution < -0.4 is 0 Å². The molecule has 0 unspecified atom stereocenters. The lowest BCUT2D eigenvalue weighted by molar-refractivity contribution is -0.124. The molecule has 0 aromatic carbocycles. The van der Waals surface area contributed by atoms with E-state index in [4.69, 9.17) is 12.8 Å². The van der Waals surface area contributed by atoms with Gasteiger partial charge in [0.05, 0.1) is 0 Å². The molecule has 0 aromatic rings. The van der Waals surface area contributed by atoms with Crippen molar-refractivity contribution < 1.29 is 9.53 Å². The van der Waals surface area contributed by atoms with Gasteiger partial charge in [0.1, 0.15) is 0 Å². The molecule has 0 saturated carbocycles. The molecule has 0 saturated heterocycles. The van der Waals surface area contributed by atoms with E-state index in [0.717, 1.165) is 0 Å². The Hall–Kier alpha value is -1.67. The highest BCUT2D eigenvalue weighted by molar-refractivity contribution is 5.44. The Morgan fingerprint density at radius 2 is 2.22 bits per heavy atom. The molecule has 0 aliphatic carbocycles. The Morgan fingerprint density at radius 3 is 2.56 bits per heavy atom. The highest BCUT2D eigenvalue weighted by atomic mass is 16.5. The van der Waals surface area contributed by atoms with Crippen LogP contribution in [0.1, 0.15) is 0 Å². The van der Waals surface area contributed by atoms with Gasteiger partial charge in [0, 0.05) is 6.08 Å². The zero-order valence-corrected chi connectivity index (χ0v) is 4.63. The van der Waals surface area contributed by atoms with Crippen molar-refractivity contribution in [2.45, 2.75) is 0 Å². The number of ether oxygens (including phenoxy) is 1. The maximum atomic E-state index is 9.62. The first-order valence-electron chi connectivity index (χ1n) is 2.08. The van der Waals surface area contributed by atoms with Crippen LogP contribution in [0.15, 0.2) is 11.8 Å². The lowest BCUT2D eigenvalue weighted by Crippen LogP contribution is -1.83. The predicted molar refractivity (Wildman–Crippen MR) is 32.9 cm³/mol. The first-order chi connectivity index (χ1) is 4.35. The van der Waals surface area contributed by atoms with E-state index in [2.05, 4.69) is 16.6 Å². The molecule has 0 aliphatic heterocycles. The van der Waals surface area contributed by atoms with Crippen molar-refractivity contribution in [2.75, 3.05) is 0 Å². The van der Waals surface area contributed by atoms with Crippen molar-refractivity contribution in [1.82, 2.24) is 0 Å². The average Bonchev–Trinajstić information content (AvgIpc) is 1.88. The number of rotatable bonds is 2. The van der Waals surface area contributed by atoms with Crippen molar-refractivity contribution in [3.05, 3.63) is 11.8 Å². The molecule has 2 heteroatoms. The van der Waals surface area contributed by atoms with Gasteiger partial charge in [-0.1, -0.05) is 5.92 Å². The van der Waals surface area contributed by atoms with Crippen molar-refractivity contribution >= 4 is 6.47 Å². The molecule has 0 rings (SSSR count). The summed E-state index contributed by atoms with van der Waals surface area (Å²) in [6, 6.07) is 0. The molecule has 0 heterocycles. The average molecular weight is 120 g/mol. The van der Waals surface area contributed by atoms with Crippen molar-refractivity contribution in [1.29, 1.82) is 0 Å². The Morgan fingerprint density at radius 1 is 1.56 bits per heavy atom. The van der Waals surface area contributed by atoms with Crippen LogP contribution in [-0.2, 0) is 9.53 Å². The third-order valence-corrected chi connectivity index (χ3v) is 0.532. The number of allylic oxidation sites excluding steroid dienone is 2. The molecule has 0 atom stereocenters. The molecule has 0 N–H and O–H groups in total. The van der Waals surface area contributed by atoms with Crippen molar-refractivity contribution in [2.24, 2.45) is 0 Å². The van der Waals surface area contributed by atoms with Crippen LogP contribution in [0.2, 0.25) is 0 Å². The van der Waals surface area contributed by atoms with Crippen molar-refractivity contribution in [3.63, 3.8) is 0 Å². The zero-order chi connectivity index (χ0) is 7.11. The van der Waals surface area contributed by atoms with E-state index >= 15 is 0 Å². The second-order valence-electron chi connectivity index (χ2n) is 1.03. The minimum Gasteiger partial charge on any atom is -0.419 e. The van der Waals surface area contributed by atoms with E-state index in [1.165, 1.54) is 6.08 Å². The molecular weight excluding hydrogens is 116 g/mol. The molecule has 0 aliphatic rings. The monoisotopic (exact) mass is 120 g/mol. The van der Waals surface area contributed by atoms with E-state index in [1.807, 2.05) is 0 Å². The number of hydrogen-bond acceptors (Lipinski definition) is 2. The molecule has 0 radical (unpaired) electrons. The summed E-state index contributed by atoms with van der Waals surface area (Å²) >= 11 is 0. The number of hydrogen-bond donors (Lipinski definition) is 0. The molecule has 0 fully saturated rings. The molecule has 44 valence electrons. The SMILES string of the molecule is C#C/C=C(\C#C)OC=O. The third-order valence-electron chi connectivity index (χ3n) is 0.532. The van der Waals surface area contributed by atoms with Crippen LogP contribution >= 0.6 is 0 Å². The van der Waals surface area contributed by atoms with Gasteiger partial charge in [-0.05, 0) is 5.92 Å². The standard InChI is InChI=1S/C7H4O2/c1-3-5-7(4-2)9-6-8/h1-2,5-6H/b7-5+. The normalized spacial score (nSPS) is 8.89. The van der Waals surface area contributed by atoms with E-state index in [0.29, 0.717) is 0 Å². The number of terminal acetylenes is 2. The maximum Gasteiger partial charge on any atom is 0.299 e. The quantitative estimate of drug-likeness (QED) is 0.298. The lowest BCUT2D eigenvalue weighted by Gasteiger charge is -1.88. The van der Waals surface area contributed by atoms with Gasteiger partial charge in [-0.25, -0.2) is 0 Å². The van der Waals surface area contributed by atoms with Crippen molar-refractivity contribution in [3.8, 4) is 24.7 Å². The molecule has 0 bridgehead atoms. The molecule has 9 heavy (non-hydrogen) atoms. The fourth-order valence-electron chi connectivity index (χ4n) is 0.237. The van der Waals surface area contributed by atoms with Gasteiger partial charge in [-0.3, -0.25) is 4.79 Å². The summed E-state index contributed by atoms with van der Waals surface area (Å²) in [5, 5.41) is 0. The van der Waals surface area contributed by atoms with Crippen LogP contribution in [0, 0.1) is 24.7 Å². The summed E-state index contributed by atoms with van der Waals surface area (Å²) in [5.74, 6) is 4.23. The first-order valence-corrected chi connectivity index (χ1v) is 2.08. The summed E-state index contributed by atoms with van der Waals surface area (Å²) in [6.45, 7) is 0.225. The molecular formula is C7H4O2. The third kappa shape index (κ3) is 2.96. The Balaban J connectivity index is 4.06. The van der Waals surface area contributed by atoms with E-state index in [1.54, 1.807) is 0 Å². The molecule has 0 aromatic heterocycles. The van der Waals surface area contributed by atoms with Crippen LogP contribution in [0.5, 0.6) is 0 Å². The van der Waals surface area contributed by atoms with Gasteiger partial charge in [-0.2, -0.15) is 0 Å². The second-order valence-corrected chi connectivity index (χ2v) is 1.03. The largest absolute Gasteiger partial charge is 0.419 e. The Bertz CT molecular complexity index is 200. The summed E-state index contributed by atoms with van der Waals surface area (Å²) < 4.78 is 4.23. The number of carbonyl (C=O) groups excluding carboxylic acids is 1. The lowest BCUT2D eigenvalue weighted by atomic mass is 10.5. The van der Waals surface area contributed by atoms with Crippen LogP contribution in [0.25, 0.3) is 0 Å². The van der Waals surface area contributed by atoms with Crippen LogP contribution in [0.3, 0.4) is 0 Å². The molecule has 0 amide bonds. The smallest absolute Gasteiger partial charge is 0.299 e. The van der Waals surface area contributed by atoms with Gasteiger partial charge in [0.25, 0.3) is 6.47 Å². The van der Waals surface area contributed by atoms with E-state index < -0.39 is 0 Å². The number of carbonyl (C=O) groups is 1. The fourth-order valence-corrected chi connectivity index (χ4v) is 0.237. The van der Waals surface area contributed by atoms with Gasteiger partial charge < -0.3 is 4.74 Å². The summed E-state index contributed by atoms with van der Waals surface area (Å²) in [6.07, 6.45) is 10.9. The maximum absolute atomic E-state index is 9.62. The molecule has 2 nitrogen and oxygen atoms in total. The first kappa shape index (κ1) is 7.33. The molecule has 0 spiro atoms. The van der Waals surface area contributed by atoms with Gasteiger partial charge in [0.2, 0.25) is 0 Å². The summed E-state index contributed by atoms with van der Waals surface area (Å²) in [5.41, 5.74) is 0. The fraction of sp³-hybridized carbons (Fsp3) is 0. The van der Waals surface area contributed by atoms with Crippen LogP contribution in [-0.4, -0.2) is 6.47 Å². The van der Waals surface area contributed by atoms with Gasteiger partial charge >= 0.3 is 0 Å². The van der Waals surface area contributed by atoms with Gasteiger partial charge in [-0.15, -0.1) is 12.8 Å². The summed E-state index contributed by atoms with van der Waals surface area (Å²) in [4.78, 5) is 9.62. The minimum atomic E-state index is 0.0486. The van der Waals surface area contributed by atoms with E-state index in [9.17, 15) is 4.79 Å². The second kappa shape index (κ2) is 4.49. The Kier molecular flexibility index (Phi) is 3.66. The van der Waals surface area contributed by atoms with Crippen LogP contribution in [0.4, 0.5) is 0 Å². The Labute approximate surface area is 53.5 Å². The topological polar surface area (TPSA) is 26.3 Å². The highest BCUT2D eigenvalue weighted by Crippen LogP contribution is 1.89.